The largest absolute Gasteiger partial charge is 0.463 e. The lowest BCUT2D eigenvalue weighted by Crippen LogP contribution is -2.55. The van der Waals surface area contributed by atoms with Crippen molar-refractivity contribution in [1.29, 1.82) is 0 Å². The summed E-state index contributed by atoms with van der Waals surface area (Å²) in [6.45, 7) is 3.96. The maximum atomic E-state index is 13.9. The number of benzene rings is 1. The molecule has 4 heterocycles. The molecular weight excluding hydrogens is 527 g/mol. The molecule has 1 amide bonds. The highest BCUT2D eigenvalue weighted by molar-refractivity contribution is 9.10. The molecule has 0 bridgehead atoms. The minimum atomic E-state index is -0.749. The van der Waals surface area contributed by atoms with Gasteiger partial charge in [-0.3, -0.25) is 9.79 Å². The van der Waals surface area contributed by atoms with Gasteiger partial charge in [-0.05, 0) is 24.6 Å². The van der Waals surface area contributed by atoms with E-state index < -0.39 is 17.8 Å². The van der Waals surface area contributed by atoms with Gasteiger partial charge < -0.3 is 19.3 Å². The van der Waals surface area contributed by atoms with Gasteiger partial charge in [0, 0.05) is 29.1 Å². The molecule has 34 heavy (non-hydrogen) atoms. The van der Waals surface area contributed by atoms with Gasteiger partial charge in [-0.15, -0.1) is 11.3 Å². The third kappa shape index (κ3) is 4.16. The van der Waals surface area contributed by atoms with Gasteiger partial charge in [0.05, 0.1) is 43.6 Å². The van der Waals surface area contributed by atoms with Gasteiger partial charge in [0.2, 0.25) is 5.91 Å². The molecular formula is C23H22BrFN4O4S. The van der Waals surface area contributed by atoms with E-state index in [-0.39, 0.29) is 25.0 Å². The number of rotatable bonds is 5. The number of nitrogens with zero attached hydrogens (tertiary/aromatic N) is 4. The van der Waals surface area contributed by atoms with Crippen LogP contribution in [0.5, 0.6) is 0 Å². The lowest BCUT2D eigenvalue weighted by molar-refractivity contribution is -0.150. The summed E-state index contributed by atoms with van der Waals surface area (Å²) in [5.74, 6) is -0.430. The summed E-state index contributed by atoms with van der Waals surface area (Å²) in [7, 11) is 0. The Morgan fingerprint density at radius 2 is 2.15 bits per heavy atom. The summed E-state index contributed by atoms with van der Waals surface area (Å²) in [4.78, 5) is 39.4. The molecule has 11 heteroatoms. The summed E-state index contributed by atoms with van der Waals surface area (Å²) in [6, 6.07) is 3.55. The second kappa shape index (κ2) is 9.55. The van der Waals surface area contributed by atoms with Gasteiger partial charge in [-0.2, -0.15) is 0 Å². The second-order valence-corrected chi connectivity index (χ2v) is 9.83. The fourth-order valence-corrected chi connectivity index (χ4v) is 5.50. The molecule has 2 aromatic rings. The maximum Gasteiger partial charge on any atom is 0.338 e. The van der Waals surface area contributed by atoms with Crippen LogP contribution >= 0.6 is 27.3 Å². The van der Waals surface area contributed by atoms with Crippen LogP contribution in [0.3, 0.4) is 0 Å². The van der Waals surface area contributed by atoms with Gasteiger partial charge in [0.25, 0.3) is 0 Å². The molecule has 8 nitrogen and oxygen atoms in total. The van der Waals surface area contributed by atoms with E-state index in [4.69, 9.17) is 14.5 Å². The van der Waals surface area contributed by atoms with E-state index in [0.29, 0.717) is 58.5 Å². The predicted octanol–water partition coefficient (Wildman–Crippen LogP) is 3.15. The van der Waals surface area contributed by atoms with Crippen LogP contribution < -0.4 is 0 Å². The van der Waals surface area contributed by atoms with Crippen LogP contribution in [0.25, 0.3) is 0 Å². The SMILES string of the molecule is CCOC(=O)C1=C2CN(C(=O)C3COC3)CCN2C(c2nccs2)=N[C@H]1c1ccc(F)cc1Br. The number of amides is 1. The lowest BCUT2D eigenvalue weighted by Gasteiger charge is -2.43. The number of hydrogen-bond donors (Lipinski definition) is 0. The van der Waals surface area contributed by atoms with Crippen molar-refractivity contribution >= 4 is 45.0 Å². The van der Waals surface area contributed by atoms with Crippen molar-refractivity contribution in [3.8, 4) is 0 Å². The number of thiazole rings is 1. The molecule has 178 valence electrons. The summed E-state index contributed by atoms with van der Waals surface area (Å²) in [6.07, 6.45) is 1.70. The number of amidine groups is 1. The van der Waals surface area contributed by atoms with E-state index in [2.05, 4.69) is 20.9 Å². The zero-order valence-corrected chi connectivity index (χ0v) is 20.8. The third-order valence-corrected chi connectivity index (χ3v) is 7.48. The Balaban J connectivity index is 1.64. The van der Waals surface area contributed by atoms with Gasteiger partial charge in [0.15, 0.2) is 10.8 Å². The molecule has 0 saturated carbocycles. The molecule has 5 rings (SSSR count). The van der Waals surface area contributed by atoms with E-state index in [1.165, 1.54) is 23.5 Å². The van der Waals surface area contributed by atoms with Crippen molar-refractivity contribution in [3.05, 3.63) is 61.9 Å². The van der Waals surface area contributed by atoms with Crippen LogP contribution in [0.1, 0.15) is 23.5 Å². The highest BCUT2D eigenvalue weighted by Crippen LogP contribution is 2.40. The molecule has 0 unspecified atom stereocenters. The first kappa shape index (κ1) is 23.1. The van der Waals surface area contributed by atoms with E-state index in [0.717, 1.165) is 0 Å². The first-order valence-electron chi connectivity index (χ1n) is 10.9. The Labute approximate surface area is 208 Å². The average molecular weight is 549 g/mol. The van der Waals surface area contributed by atoms with Crippen molar-refractivity contribution in [2.24, 2.45) is 10.9 Å². The van der Waals surface area contributed by atoms with E-state index in [1.54, 1.807) is 24.1 Å². The minimum absolute atomic E-state index is 0.0134. The fourth-order valence-electron chi connectivity index (χ4n) is 4.30. The number of hydrogen-bond acceptors (Lipinski definition) is 8. The quantitative estimate of drug-likeness (QED) is 0.533. The number of aromatic nitrogens is 1. The number of carbonyl (C=O) groups is 2. The predicted molar refractivity (Wildman–Crippen MR) is 127 cm³/mol. The minimum Gasteiger partial charge on any atom is -0.463 e. The molecule has 1 aromatic carbocycles. The molecule has 1 aromatic heterocycles. The lowest BCUT2D eigenvalue weighted by atomic mass is 9.93. The summed E-state index contributed by atoms with van der Waals surface area (Å²) < 4.78 is 25.0. The molecule has 3 aliphatic rings. The van der Waals surface area contributed by atoms with Crippen LogP contribution in [-0.2, 0) is 19.1 Å². The van der Waals surface area contributed by atoms with Crippen LogP contribution in [0, 0.1) is 11.7 Å². The first-order valence-corrected chi connectivity index (χ1v) is 12.6. The van der Waals surface area contributed by atoms with Crippen LogP contribution in [-0.4, -0.2) is 72.0 Å². The Hall–Kier alpha value is -2.63. The second-order valence-electron chi connectivity index (χ2n) is 8.08. The molecule has 0 radical (unpaired) electrons. The third-order valence-electron chi connectivity index (χ3n) is 6.03. The summed E-state index contributed by atoms with van der Waals surface area (Å²) in [5.41, 5.74) is 1.62. The normalized spacial score (nSPS) is 20.6. The number of piperazine rings is 1. The van der Waals surface area contributed by atoms with Crippen molar-refractivity contribution in [2.45, 2.75) is 13.0 Å². The number of carbonyl (C=O) groups excluding carboxylic acids is 2. The Morgan fingerprint density at radius 3 is 2.79 bits per heavy atom. The zero-order valence-electron chi connectivity index (χ0n) is 18.4. The van der Waals surface area contributed by atoms with Gasteiger partial charge >= 0.3 is 5.97 Å². The van der Waals surface area contributed by atoms with Crippen molar-refractivity contribution in [2.75, 3.05) is 39.5 Å². The number of fused-ring (bicyclic) bond motifs is 1. The van der Waals surface area contributed by atoms with Crippen molar-refractivity contribution in [3.63, 3.8) is 0 Å². The van der Waals surface area contributed by atoms with Crippen molar-refractivity contribution < 1.29 is 23.5 Å². The number of ether oxygens (including phenoxy) is 2. The van der Waals surface area contributed by atoms with Crippen molar-refractivity contribution in [1.82, 2.24) is 14.8 Å². The van der Waals surface area contributed by atoms with Gasteiger partial charge in [-0.1, -0.05) is 22.0 Å². The molecule has 1 atom stereocenters. The molecule has 0 spiro atoms. The Bertz CT molecular complexity index is 1180. The Kier molecular flexibility index (Phi) is 6.50. The fraction of sp³-hybridized carbons (Fsp3) is 0.391. The van der Waals surface area contributed by atoms with Gasteiger partial charge in [-0.25, -0.2) is 14.2 Å². The van der Waals surface area contributed by atoms with Gasteiger partial charge in [0.1, 0.15) is 11.9 Å². The maximum absolute atomic E-state index is 13.9. The average Bonchev–Trinajstić information content (AvgIpc) is 3.31. The smallest absolute Gasteiger partial charge is 0.338 e. The first-order chi connectivity index (χ1) is 16.5. The van der Waals surface area contributed by atoms with Crippen LogP contribution in [0.2, 0.25) is 0 Å². The van der Waals surface area contributed by atoms with E-state index in [1.807, 2.05) is 10.3 Å². The summed E-state index contributed by atoms with van der Waals surface area (Å²) >= 11 is 4.88. The monoisotopic (exact) mass is 548 g/mol. The zero-order chi connectivity index (χ0) is 23.8. The highest BCUT2D eigenvalue weighted by atomic mass is 79.9. The van der Waals surface area contributed by atoms with E-state index in [9.17, 15) is 14.0 Å². The molecule has 3 aliphatic heterocycles. The number of aliphatic imine (C=N–C) groups is 1. The Morgan fingerprint density at radius 1 is 1.32 bits per heavy atom. The standard InChI is InChI=1S/C23H22BrFN4O4S/c1-2-33-23(31)18-17-10-28(22(30)13-11-32-12-13)6-7-29(17)20(21-26-5-8-34-21)27-19(18)15-4-3-14(25)9-16(15)24/h3-5,8-9,13,19H,2,6-7,10-12H2,1H3/t19-/m0/s1. The molecule has 0 aliphatic carbocycles. The molecule has 0 N–H and O–H groups in total. The number of halogens is 2. The number of esters is 1. The topological polar surface area (TPSA) is 84.3 Å². The molecule has 2 saturated heterocycles. The summed E-state index contributed by atoms with van der Waals surface area (Å²) in [5, 5.41) is 2.57. The highest BCUT2D eigenvalue weighted by Gasteiger charge is 2.42. The van der Waals surface area contributed by atoms with Crippen LogP contribution in [0.4, 0.5) is 4.39 Å². The van der Waals surface area contributed by atoms with Crippen LogP contribution in [0.15, 0.2) is 50.5 Å². The molecule has 2 fully saturated rings. The van der Waals surface area contributed by atoms with E-state index >= 15 is 0 Å².